The van der Waals surface area contributed by atoms with Crippen LogP contribution >= 0.6 is 11.6 Å². The summed E-state index contributed by atoms with van der Waals surface area (Å²) in [6.07, 6.45) is 4.50. The first-order valence-corrected chi connectivity index (χ1v) is 13.6. The molecular weight excluding hydrogens is 530 g/mol. The van der Waals surface area contributed by atoms with Crippen molar-refractivity contribution in [3.8, 4) is 16.9 Å². The van der Waals surface area contributed by atoms with Gasteiger partial charge in [-0.15, -0.1) is 0 Å². The van der Waals surface area contributed by atoms with E-state index in [-0.39, 0.29) is 24.9 Å². The first-order valence-electron chi connectivity index (χ1n) is 13.2. The highest BCUT2D eigenvalue weighted by Crippen LogP contribution is 2.28. The SMILES string of the molecule is CC[C@H](C(=O)Nc1cccc(-c2cnn(C)c2)c1)N1CC(NN(C)C)=NC[C@@H](Cc2cc(Cl)ccc2OC)C1=O. The van der Waals surface area contributed by atoms with Gasteiger partial charge >= 0.3 is 0 Å². The normalized spacial score (nSPS) is 16.4. The van der Waals surface area contributed by atoms with E-state index in [9.17, 15) is 9.59 Å². The molecule has 0 saturated carbocycles. The van der Waals surface area contributed by atoms with E-state index in [2.05, 4.69) is 15.8 Å². The zero-order chi connectivity index (χ0) is 28.8. The van der Waals surface area contributed by atoms with Crippen LogP contribution in [0.3, 0.4) is 0 Å². The van der Waals surface area contributed by atoms with Crippen LogP contribution < -0.4 is 15.5 Å². The van der Waals surface area contributed by atoms with Gasteiger partial charge in [0.2, 0.25) is 11.8 Å². The molecule has 11 heteroatoms. The summed E-state index contributed by atoms with van der Waals surface area (Å²) in [6.45, 7) is 2.36. The number of benzene rings is 2. The van der Waals surface area contributed by atoms with E-state index in [1.165, 1.54) is 0 Å². The van der Waals surface area contributed by atoms with Crippen molar-refractivity contribution in [1.82, 2.24) is 25.1 Å². The van der Waals surface area contributed by atoms with Gasteiger partial charge < -0.3 is 20.4 Å². The number of anilines is 1. The lowest BCUT2D eigenvalue weighted by molar-refractivity contribution is -0.140. The van der Waals surface area contributed by atoms with Gasteiger partial charge in [0.05, 0.1) is 32.3 Å². The van der Waals surface area contributed by atoms with E-state index < -0.39 is 12.0 Å². The molecular formula is C29H36ClN7O3. The standard InChI is InChI=1S/C29H36ClN7O3/c1-6-25(28(38)33-24-9-7-8-19(14-24)22-16-32-36(4)17-22)37-18-27(34-35(2)3)31-15-21(29(37)39)12-20-13-23(30)10-11-26(20)40-5/h7-11,13-14,16-17,21,25H,6,12,15,18H2,1-5H3,(H,31,34)(H,33,38)/t21-,25-/m1/s1. The number of carbonyl (C=O) groups excluding carboxylic acids is 2. The Morgan fingerprint density at radius 1 is 1.23 bits per heavy atom. The summed E-state index contributed by atoms with van der Waals surface area (Å²) >= 11 is 6.26. The largest absolute Gasteiger partial charge is 0.496 e. The van der Waals surface area contributed by atoms with E-state index in [1.54, 1.807) is 40.0 Å². The molecule has 3 aromatic rings. The molecule has 0 fully saturated rings. The van der Waals surface area contributed by atoms with E-state index in [1.807, 2.05) is 64.6 Å². The maximum Gasteiger partial charge on any atom is 0.247 e. The Labute approximate surface area is 239 Å². The summed E-state index contributed by atoms with van der Waals surface area (Å²) < 4.78 is 7.25. The Hall–Kier alpha value is -3.89. The molecule has 0 unspecified atom stereocenters. The maximum atomic E-state index is 14.0. The number of aryl methyl sites for hydroxylation is 1. The molecule has 0 spiro atoms. The molecule has 0 radical (unpaired) electrons. The summed E-state index contributed by atoms with van der Waals surface area (Å²) in [5, 5.41) is 9.59. The van der Waals surface area contributed by atoms with Gasteiger partial charge in [0.25, 0.3) is 0 Å². The molecule has 2 heterocycles. The predicted octanol–water partition coefficient (Wildman–Crippen LogP) is 3.63. The first kappa shape index (κ1) is 29.1. The second kappa shape index (κ2) is 13.0. The van der Waals surface area contributed by atoms with Gasteiger partial charge in [-0.1, -0.05) is 30.7 Å². The average molecular weight is 566 g/mol. The number of carbonyl (C=O) groups is 2. The van der Waals surface area contributed by atoms with Crippen LogP contribution in [0, 0.1) is 5.92 Å². The van der Waals surface area contributed by atoms with Crippen LogP contribution in [0.25, 0.3) is 11.1 Å². The molecule has 0 saturated heterocycles. The van der Waals surface area contributed by atoms with Crippen molar-refractivity contribution >= 4 is 34.9 Å². The van der Waals surface area contributed by atoms with E-state index in [0.29, 0.717) is 35.1 Å². The van der Waals surface area contributed by atoms with Crippen molar-refractivity contribution < 1.29 is 14.3 Å². The van der Waals surface area contributed by atoms with Crippen LogP contribution in [0.2, 0.25) is 5.02 Å². The van der Waals surface area contributed by atoms with Crippen molar-refractivity contribution in [2.24, 2.45) is 18.0 Å². The lowest BCUT2D eigenvalue weighted by Crippen LogP contribution is -2.53. The van der Waals surface area contributed by atoms with Gasteiger partial charge in [0, 0.05) is 43.6 Å². The lowest BCUT2D eigenvalue weighted by Gasteiger charge is -2.32. The second-order valence-corrected chi connectivity index (χ2v) is 10.5. The molecule has 1 aliphatic heterocycles. The van der Waals surface area contributed by atoms with Crippen LogP contribution in [-0.2, 0) is 23.1 Å². The molecule has 2 N–H and O–H groups in total. The number of aliphatic imine (C=N–C) groups is 1. The Morgan fingerprint density at radius 3 is 2.70 bits per heavy atom. The molecule has 1 aromatic heterocycles. The van der Waals surface area contributed by atoms with Crippen molar-refractivity contribution in [2.45, 2.75) is 25.8 Å². The minimum atomic E-state index is -0.703. The van der Waals surface area contributed by atoms with Gasteiger partial charge in [-0.2, -0.15) is 5.10 Å². The molecule has 2 atom stereocenters. The number of aromatic nitrogens is 2. The summed E-state index contributed by atoms with van der Waals surface area (Å²) in [4.78, 5) is 34.0. The molecule has 212 valence electrons. The topological polar surface area (TPSA) is 104 Å². The molecule has 0 aliphatic carbocycles. The smallest absolute Gasteiger partial charge is 0.247 e. The number of rotatable bonds is 9. The monoisotopic (exact) mass is 565 g/mol. The highest BCUT2D eigenvalue weighted by atomic mass is 35.5. The lowest BCUT2D eigenvalue weighted by atomic mass is 9.96. The number of hydrazine groups is 1. The van der Waals surface area contributed by atoms with Gasteiger partial charge in [0.15, 0.2) is 0 Å². The molecule has 1 aliphatic rings. The summed E-state index contributed by atoms with van der Waals surface area (Å²) in [5.41, 5.74) is 6.53. The summed E-state index contributed by atoms with van der Waals surface area (Å²) in [5.74, 6) is 0.368. The number of amidine groups is 1. The van der Waals surface area contributed by atoms with E-state index >= 15 is 0 Å². The number of methoxy groups -OCH3 is 1. The zero-order valence-electron chi connectivity index (χ0n) is 23.5. The summed E-state index contributed by atoms with van der Waals surface area (Å²) in [6, 6.07) is 12.2. The van der Waals surface area contributed by atoms with Crippen molar-refractivity contribution in [3.63, 3.8) is 0 Å². The molecule has 0 bridgehead atoms. The fourth-order valence-electron chi connectivity index (χ4n) is 4.86. The van der Waals surface area contributed by atoms with E-state index in [4.69, 9.17) is 21.3 Å². The fraction of sp³-hybridized carbons (Fsp3) is 0.379. The maximum absolute atomic E-state index is 14.0. The van der Waals surface area contributed by atoms with Crippen LogP contribution in [0.4, 0.5) is 5.69 Å². The number of halogens is 1. The number of amides is 2. The Bertz CT molecular complexity index is 1390. The Kier molecular flexibility index (Phi) is 9.44. The third-order valence-corrected chi connectivity index (χ3v) is 6.99. The van der Waals surface area contributed by atoms with Crippen molar-refractivity contribution in [2.75, 3.05) is 39.6 Å². The minimum absolute atomic E-state index is 0.146. The quantitative estimate of drug-likeness (QED) is 0.384. The van der Waals surface area contributed by atoms with Crippen LogP contribution in [0.15, 0.2) is 59.9 Å². The highest BCUT2D eigenvalue weighted by molar-refractivity contribution is 6.30. The van der Waals surface area contributed by atoms with Gasteiger partial charge in [-0.05, 0) is 54.3 Å². The minimum Gasteiger partial charge on any atom is -0.496 e. The molecule has 40 heavy (non-hydrogen) atoms. The van der Waals surface area contributed by atoms with Crippen LogP contribution in [0.1, 0.15) is 18.9 Å². The molecule has 4 rings (SSSR count). The molecule has 2 aromatic carbocycles. The third-order valence-electron chi connectivity index (χ3n) is 6.75. The number of nitrogens with one attached hydrogen (secondary N) is 2. The van der Waals surface area contributed by atoms with Gasteiger partial charge in [0.1, 0.15) is 17.6 Å². The van der Waals surface area contributed by atoms with Crippen LogP contribution in [-0.4, -0.2) is 77.7 Å². The predicted molar refractivity (Wildman–Crippen MR) is 157 cm³/mol. The fourth-order valence-corrected chi connectivity index (χ4v) is 5.05. The number of ether oxygens (including phenoxy) is 1. The van der Waals surface area contributed by atoms with Crippen molar-refractivity contribution in [3.05, 3.63) is 65.4 Å². The molecule has 2 amide bonds. The van der Waals surface area contributed by atoms with Crippen LogP contribution in [0.5, 0.6) is 5.75 Å². The highest BCUT2D eigenvalue weighted by Gasteiger charge is 2.36. The Balaban J connectivity index is 1.60. The number of hydrogen-bond donors (Lipinski definition) is 2. The van der Waals surface area contributed by atoms with Crippen molar-refractivity contribution in [1.29, 1.82) is 0 Å². The third kappa shape index (κ3) is 7.00. The molecule has 10 nitrogen and oxygen atoms in total. The van der Waals surface area contributed by atoms with Gasteiger partial charge in [-0.25, -0.2) is 5.01 Å². The number of hydrogen-bond acceptors (Lipinski definition) is 7. The first-order chi connectivity index (χ1) is 19.2. The Morgan fingerprint density at radius 2 is 2.02 bits per heavy atom. The zero-order valence-corrected chi connectivity index (χ0v) is 24.3. The van der Waals surface area contributed by atoms with E-state index in [0.717, 1.165) is 16.7 Å². The average Bonchev–Trinajstić information content (AvgIpc) is 3.30. The van der Waals surface area contributed by atoms with Gasteiger partial charge in [-0.3, -0.25) is 19.3 Å². The number of nitrogens with zero attached hydrogens (tertiary/aromatic N) is 5. The second-order valence-electron chi connectivity index (χ2n) is 10.0. The summed E-state index contributed by atoms with van der Waals surface area (Å²) in [7, 11) is 7.16.